The largest absolute Gasteiger partial charge is 0.465 e. The van der Waals surface area contributed by atoms with Gasteiger partial charge in [-0.1, -0.05) is 19.9 Å². The molecule has 0 saturated carbocycles. The van der Waals surface area contributed by atoms with E-state index in [4.69, 9.17) is 14.7 Å². The van der Waals surface area contributed by atoms with Crippen LogP contribution in [-0.2, 0) is 17.6 Å². The molecule has 2 aromatic heterocycles. The van der Waals surface area contributed by atoms with E-state index in [2.05, 4.69) is 19.2 Å². The Balaban J connectivity index is 1.97. The number of aryl methyl sites for hydroxylation is 1. The van der Waals surface area contributed by atoms with Crippen molar-refractivity contribution in [2.75, 3.05) is 12.4 Å². The van der Waals surface area contributed by atoms with Crippen LogP contribution in [0.4, 0.5) is 11.5 Å². The third kappa shape index (κ3) is 3.75. The molecular formula is C20H21N3O2S. The Hall–Kier alpha value is -2.73. The molecule has 0 spiro atoms. The van der Waals surface area contributed by atoms with Crippen LogP contribution in [0.1, 0.15) is 35.5 Å². The maximum absolute atomic E-state index is 11.6. The minimum absolute atomic E-state index is 0.346. The monoisotopic (exact) mass is 367 g/mol. The second-order valence-corrected chi connectivity index (χ2v) is 6.65. The number of hydrogen-bond donors (Lipinski definition) is 1. The summed E-state index contributed by atoms with van der Waals surface area (Å²) in [5, 5.41) is 5.41. The summed E-state index contributed by atoms with van der Waals surface area (Å²) in [6.45, 7) is 4.21. The minimum atomic E-state index is -0.346. The van der Waals surface area contributed by atoms with Gasteiger partial charge >= 0.3 is 5.97 Å². The van der Waals surface area contributed by atoms with E-state index < -0.39 is 0 Å². The highest BCUT2D eigenvalue weighted by Crippen LogP contribution is 2.28. The fourth-order valence-corrected chi connectivity index (χ4v) is 3.42. The van der Waals surface area contributed by atoms with Gasteiger partial charge in [0.1, 0.15) is 5.82 Å². The standard InChI is InChI=1S/C20H21N3O2S/c1-4-15-16(5-2)22-19(17-7-6-12-26-17)23-18(15)21-14-10-8-13(9-11-14)20(24)25-3/h6-12H,4-5H2,1-3H3,(H,21,22,23). The highest BCUT2D eigenvalue weighted by molar-refractivity contribution is 7.13. The molecule has 26 heavy (non-hydrogen) atoms. The maximum atomic E-state index is 11.6. The molecule has 0 saturated heterocycles. The Labute approximate surface area is 157 Å². The first-order valence-electron chi connectivity index (χ1n) is 8.55. The fourth-order valence-electron chi connectivity index (χ4n) is 2.76. The van der Waals surface area contributed by atoms with Crippen molar-refractivity contribution in [3.05, 3.63) is 58.6 Å². The second-order valence-electron chi connectivity index (χ2n) is 5.70. The second kappa shape index (κ2) is 8.10. The van der Waals surface area contributed by atoms with Gasteiger partial charge in [0.05, 0.1) is 17.6 Å². The van der Waals surface area contributed by atoms with Gasteiger partial charge < -0.3 is 10.1 Å². The number of nitrogens with zero attached hydrogens (tertiary/aromatic N) is 2. The van der Waals surface area contributed by atoms with Crippen LogP contribution < -0.4 is 5.32 Å². The zero-order chi connectivity index (χ0) is 18.5. The van der Waals surface area contributed by atoms with Crippen LogP contribution in [0, 0.1) is 0 Å². The summed E-state index contributed by atoms with van der Waals surface area (Å²) in [6, 6.07) is 11.2. The molecule has 0 amide bonds. The Morgan fingerprint density at radius 3 is 2.46 bits per heavy atom. The molecule has 0 aliphatic rings. The molecule has 1 aromatic carbocycles. The first-order chi connectivity index (χ1) is 12.7. The van der Waals surface area contributed by atoms with Crippen LogP contribution in [0.5, 0.6) is 0 Å². The van der Waals surface area contributed by atoms with Gasteiger partial charge in [-0.25, -0.2) is 14.8 Å². The van der Waals surface area contributed by atoms with Gasteiger partial charge in [-0.2, -0.15) is 0 Å². The van der Waals surface area contributed by atoms with Gasteiger partial charge in [0.15, 0.2) is 5.82 Å². The summed E-state index contributed by atoms with van der Waals surface area (Å²) in [5.74, 6) is 1.21. The van der Waals surface area contributed by atoms with Crippen molar-refractivity contribution < 1.29 is 9.53 Å². The molecule has 3 aromatic rings. The van der Waals surface area contributed by atoms with E-state index in [9.17, 15) is 4.79 Å². The Kier molecular flexibility index (Phi) is 5.63. The number of hydrogen-bond acceptors (Lipinski definition) is 6. The van der Waals surface area contributed by atoms with Crippen LogP contribution in [0.2, 0.25) is 0 Å². The molecule has 0 bridgehead atoms. The summed E-state index contributed by atoms with van der Waals surface area (Å²) in [6.07, 6.45) is 1.69. The Morgan fingerprint density at radius 2 is 1.88 bits per heavy atom. The molecule has 2 heterocycles. The number of carbonyl (C=O) groups excluding carboxylic acids is 1. The molecule has 1 N–H and O–H groups in total. The Morgan fingerprint density at radius 1 is 1.12 bits per heavy atom. The van der Waals surface area contributed by atoms with Gasteiger partial charge in [0, 0.05) is 16.9 Å². The summed E-state index contributed by atoms with van der Waals surface area (Å²) >= 11 is 1.63. The Bertz CT molecular complexity index is 890. The summed E-state index contributed by atoms with van der Waals surface area (Å²) in [7, 11) is 1.38. The van der Waals surface area contributed by atoms with Gasteiger partial charge in [-0.15, -0.1) is 11.3 Å². The lowest BCUT2D eigenvalue weighted by molar-refractivity contribution is 0.0601. The SMILES string of the molecule is CCc1nc(-c2cccs2)nc(Nc2ccc(C(=O)OC)cc2)c1CC. The van der Waals surface area contributed by atoms with E-state index in [1.165, 1.54) is 7.11 Å². The number of anilines is 2. The molecule has 0 aliphatic carbocycles. The molecule has 0 fully saturated rings. The molecule has 3 rings (SSSR count). The minimum Gasteiger partial charge on any atom is -0.465 e. The van der Waals surface area contributed by atoms with Crippen molar-refractivity contribution in [1.82, 2.24) is 9.97 Å². The predicted molar refractivity (Wildman–Crippen MR) is 105 cm³/mol. The van der Waals surface area contributed by atoms with Crippen molar-refractivity contribution in [2.24, 2.45) is 0 Å². The smallest absolute Gasteiger partial charge is 0.337 e. The molecule has 5 nitrogen and oxygen atoms in total. The van der Waals surface area contributed by atoms with Crippen molar-refractivity contribution in [1.29, 1.82) is 0 Å². The van der Waals surface area contributed by atoms with E-state index >= 15 is 0 Å². The third-order valence-corrected chi connectivity index (χ3v) is 4.96. The summed E-state index contributed by atoms with van der Waals surface area (Å²) in [4.78, 5) is 22.1. The number of methoxy groups -OCH3 is 1. The van der Waals surface area contributed by atoms with Crippen molar-refractivity contribution in [2.45, 2.75) is 26.7 Å². The molecule has 6 heteroatoms. The molecule has 134 valence electrons. The number of esters is 1. The zero-order valence-corrected chi connectivity index (χ0v) is 15.9. The summed E-state index contributed by atoms with van der Waals surface area (Å²) < 4.78 is 4.74. The zero-order valence-electron chi connectivity index (χ0n) is 15.1. The summed E-state index contributed by atoms with van der Waals surface area (Å²) in [5.41, 5.74) is 3.56. The van der Waals surface area contributed by atoms with Gasteiger partial charge in [-0.3, -0.25) is 0 Å². The molecule has 0 radical (unpaired) electrons. The average Bonchev–Trinajstić information content (AvgIpc) is 3.22. The average molecular weight is 367 g/mol. The van der Waals surface area contributed by atoms with Crippen molar-refractivity contribution in [3.63, 3.8) is 0 Å². The van der Waals surface area contributed by atoms with Crippen LogP contribution in [-0.4, -0.2) is 23.0 Å². The molecule has 0 unspecified atom stereocenters. The molecule has 0 aliphatic heterocycles. The number of thiophene rings is 1. The third-order valence-electron chi connectivity index (χ3n) is 4.09. The van der Waals surface area contributed by atoms with E-state index in [0.29, 0.717) is 5.56 Å². The first-order valence-corrected chi connectivity index (χ1v) is 9.43. The number of benzene rings is 1. The van der Waals surface area contributed by atoms with Crippen LogP contribution in [0.3, 0.4) is 0 Å². The fraction of sp³-hybridized carbons (Fsp3) is 0.250. The lowest BCUT2D eigenvalue weighted by Gasteiger charge is -2.15. The number of nitrogens with one attached hydrogen (secondary N) is 1. The molecular weight excluding hydrogens is 346 g/mol. The maximum Gasteiger partial charge on any atom is 0.337 e. The van der Waals surface area contributed by atoms with Gasteiger partial charge in [-0.05, 0) is 48.6 Å². The highest BCUT2D eigenvalue weighted by Gasteiger charge is 2.14. The highest BCUT2D eigenvalue weighted by atomic mass is 32.1. The van der Waals surface area contributed by atoms with Crippen LogP contribution in [0.25, 0.3) is 10.7 Å². The number of carbonyl (C=O) groups is 1. The normalized spacial score (nSPS) is 10.6. The number of rotatable bonds is 6. The predicted octanol–water partition coefficient (Wildman–Crippen LogP) is 4.86. The number of ether oxygens (including phenoxy) is 1. The first kappa shape index (κ1) is 18.1. The van der Waals surface area contributed by atoms with E-state index in [-0.39, 0.29) is 5.97 Å². The van der Waals surface area contributed by atoms with Crippen molar-refractivity contribution >= 4 is 28.8 Å². The van der Waals surface area contributed by atoms with Gasteiger partial charge in [0.2, 0.25) is 0 Å². The lowest BCUT2D eigenvalue weighted by Crippen LogP contribution is -2.07. The number of aromatic nitrogens is 2. The van der Waals surface area contributed by atoms with Crippen LogP contribution in [0.15, 0.2) is 41.8 Å². The van der Waals surface area contributed by atoms with E-state index in [1.807, 2.05) is 29.6 Å². The van der Waals surface area contributed by atoms with E-state index in [0.717, 1.165) is 46.3 Å². The quantitative estimate of drug-likeness (QED) is 0.630. The topological polar surface area (TPSA) is 64.1 Å². The van der Waals surface area contributed by atoms with Crippen molar-refractivity contribution in [3.8, 4) is 10.7 Å². The molecule has 0 atom stereocenters. The van der Waals surface area contributed by atoms with Gasteiger partial charge in [0.25, 0.3) is 0 Å². The van der Waals surface area contributed by atoms with Crippen LogP contribution >= 0.6 is 11.3 Å². The lowest BCUT2D eigenvalue weighted by atomic mass is 10.1. The van der Waals surface area contributed by atoms with E-state index in [1.54, 1.807) is 23.5 Å².